The first kappa shape index (κ1) is 14.6. The Kier molecular flexibility index (Phi) is 5.25. The summed E-state index contributed by atoms with van der Waals surface area (Å²) >= 11 is 5.45. The van der Waals surface area contributed by atoms with E-state index in [9.17, 15) is 14.4 Å². The average molecular weight is 272 g/mol. The molecular formula is C12H14ClNO4. The number of allylic oxidation sites excluding steroid dienone is 1. The van der Waals surface area contributed by atoms with Gasteiger partial charge in [0.15, 0.2) is 17.3 Å². The molecule has 1 rings (SSSR count). The standard InChI is InChI=1S/C12H14ClNO4/c1-7(13)6-18-14-8(2)12(17)11-9(15)4-3-5-10(11)16/h11,14H,1-6H2. The zero-order valence-electron chi connectivity index (χ0n) is 9.83. The van der Waals surface area contributed by atoms with Crippen LogP contribution in [0.3, 0.4) is 0 Å². The molecule has 0 aromatic carbocycles. The van der Waals surface area contributed by atoms with Crippen LogP contribution < -0.4 is 5.48 Å². The van der Waals surface area contributed by atoms with E-state index >= 15 is 0 Å². The Bertz CT molecular complexity index is 400. The number of hydrogen-bond donors (Lipinski definition) is 1. The predicted molar refractivity (Wildman–Crippen MR) is 65.6 cm³/mol. The fourth-order valence-corrected chi connectivity index (χ4v) is 1.68. The zero-order valence-corrected chi connectivity index (χ0v) is 10.6. The number of hydroxylamine groups is 1. The normalized spacial score (nSPS) is 16.5. The number of ketones is 3. The third-order valence-corrected chi connectivity index (χ3v) is 2.58. The first-order valence-electron chi connectivity index (χ1n) is 5.43. The van der Waals surface area contributed by atoms with E-state index in [0.717, 1.165) is 0 Å². The Balaban J connectivity index is 2.57. The van der Waals surface area contributed by atoms with Gasteiger partial charge in [0, 0.05) is 17.9 Å². The lowest BCUT2D eigenvalue weighted by molar-refractivity contribution is -0.141. The number of nitrogens with one attached hydrogen (secondary N) is 1. The molecule has 98 valence electrons. The Labute approximate surface area is 110 Å². The molecule has 18 heavy (non-hydrogen) atoms. The van der Waals surface area contributed by atoms with Gasteiger partial charge in [0.2, 0.25) is 0 Å². The molecular weight excluding hydrogens is 258 g/mol. The van der Waals surface area contributed by atoms with Gasteiger partial charge in [0.05, 0.1) is 5.70 Å². The summed E-state index contributed by atoms with van der Waals surface area (Å²) in [5.41, 5.74) is 2.12. The lowest BCUT2D eigenvalue weighted by Crippen LogP contribution is -2.38. The summed E-state index contributed by atoms with van der Waals surface area (Å²) in [6.07, 6.45) is 0.994. The number of carbonyl (C=O) groups is 3. The summed E-state index contributed by atoms with van der Waals surface area (Å²) in [5, 5.41) is 0.243. The van der Waals surface area contributed by atoms with Crippen LogP contribution in [0.2, 0.25) is 0 Å². The number of hydrogen-bond acceptors (Lipinski definition) is 5. The molecule has 0 heterocycles. The molecule has 5 nitrogen and oxygen atoms in total. The molecule has 0 unspecified atom stereocenters. The molecule has 0 aliphatic heterocycles. The highest BCUT2D eigenvalue weighted by Gasteiger charge is 2.37. The molecule has 1 fully saturated rings. The van der Waals surface area contributed by atoms with E-state index in [1.54, 1.807) is 0 Å². The number of rotatable bonds is 6. The van der Waals surface area contributed by atoms with Crippen molar-refractivity contribution in [3.63, 3.8) is 0 Å². The molecule has 1 aliphatic rings. The van der Waals surface area contributed by atoms with Crippen LogP contribution in [0.4, 0.5) is 0 Å². The van der Waals surface area contributed by atoms with Gasteiger partial charge in [-0.1, -0.05) is 24.8 Å². The van der Waals surface area contributed by atoms with Gasteiger partial charge in [-0.3, -0.25) is 24.7 Å². The lowest BCUT2D eigenvalue weighted by Gasteiger charge is -2.19. The molecule has 0 aromatic rings. The van der Waals surface area contributed by atoms with E-state index in [1.165, 1.54) is 0 Å². The van der Waals surface area contributed by atoms with Crippen molar-refractivity contribution >= 4 is 29.0 Å². The van der Waals surface area contributed by atoms with Crippen molar-refractivity contribution < 1.29 is 19.2 Å². The van der Waals surface area contributed by atoms with Gasteiger partial charge < -0.3 is 0 Å². The van der Waals surface area contributed by atoms with Crippen molar-refractivity contribution in [1.29, 1.82) is 0 Å². The van der Waals surface area contributed by atoms with Gasteiger partial charge in [0.1, 0.15) is 12.5 Å². The molecule has 1 N–H and O–H groups in total. The van der Waals surface area contributed by atoms with Crippen molar-refractivity contribution in [2.24, 2.45) is 5.92 Å². The van der Waals surface area contributed by atoms with Crippen LogP contribution in [0.1, 0.15) is 19.3 Å². The van der Waals surface area contributed by atoms with Crippen LogP contribution in [-0.2, 0) is 19.2 Å². The summed E-state index contributed by atoms with van der Waals surface area (Å²) in [5.74, 6) is -2.60. The molecule has 0 spiro atoms. The van der Waals surface area contributed by atoms with Crippen molar-refractivity contribution in [1.82, 2.24) is 5.48 Å². The van der Waals surface area contributed by atoms with Crippen LogP contribution >= 0.6 is 11.6 Å². The fourth-order valence-electron chi connectivity index (χ4n) is 1.62. The SMILES string of the molecule is C=C(Cl)CONC(=C)C(=O)C1C(=O)CCCC1=O. The molecule has 6 heteroatoms. The third-order valence-electron chi connectivity index (χ3n) is 2.47. The van der Waals surface area contributed by atoms with Gasteiger partial charge in [-0.2, -0.15) is 0 Å². The first-order chi connectivity index (χ1) is 8.43. The summed E-state index contributed by atoms with van der Waals surface area (Å²) in [6, 6.07) is 0. The second-order valence-electron chi connectivity index (χ2n) is 3.97. The highest BCUT2D eigenvalue weighted by molar-refractivity contribution is 6.29. The number of Topliss-reactive ketones (excluding diaryl/α,β-unsaturated/α-hetero) is 3. The van der Waals surface area contributed by atoms with Gasteiger partial charge in [0.25, 0.3) is 0 Å². The van der Waals surface area contributed by atoms with E-state index in [4.69, 9.17) is 16.4 Å². The van der Waals surface area contributed by atoms with Gasteiger partial charge in [-0.05, 0) is 6.42 Å². The number of halogens is 1. The molecule has 0 amide bonds. The largest absolute Gasteiger partial charge is 0.298 e. The van der Waals surface area contributed by atoms with Crippen molar-refractivity contribution in [2.45, 2.75) is 19.3 Å². The molecule has 0 bridgehead atoms. The minimum absolute atomic E-state index is 0.0135. The van der Waals surface area contributed by atoms with Crippen molar-refractivity contribution in [2.75, 3.05) is 6.61 Å². The Morgan fingerprint density at radius 3 is 2.39 bits per heavy atom. The van der Waals surface area contributed by atoms with E-state index in [2.05, 4.69) is 18.6 Å². The maximum atomic E-state index is 11.9. The second-order valence-corrected chi connectivity index (χ2v) is 4.50. The zero-order chi connectivity index (χ0) is 13.7. The van der Waals surface area contributed by atoms with Crippen molar-refractivity contribution in [3.05, 3.63) is 23.9 Å². The first-order valence-corrected chi connectivity index (χ1v) is 5.81. The van der Waals surface area contributed by atoms with E-state index < -0.39 is 11.7 Å². The molecule has 0 saturated heterocycles. The fraction of sp³-hybridized carbons (Fsp3) is 0.417. The van der Waals surface area contributed by atoms with Crippen LogP contribution in [0.25, 0.3) is 0 Å². The van der Waals surface area contributed by atoms with Crippen LogP contribution in [0, 0.1) is 5.92 Å². The van der Waals surface area contributed by atoms with Crippen molar-refractivity contribution in [3.8, 4) is 0 Å². The Hall–Kier alpha value is -1.46. The van der Waals surface area contributed by atoms with Gasteiger partial charge >= 0.3 is 0 Å². The van der Waals surface area contributed by atoms with E-state index in [0.29, 0.717) is 6.42 Å². The minimum Gasteiger partial charge on any atom is -0.298 e. The monoisotopic (exact) mass is 271 g/mol. The summed E-state index contributed by atoms with van der Waals surface area (Å²) in [6.45, 7) is 6.81. The lowest BCUT2D eigenvalue weighted by atomic mass is 9.83. The Morgan fingerprint density at radius 1 is 1.33 bits per heavy atom. The summed E-state index contributed by atoms with van der Waals surface area (Å²) in [7, 11) is 0. The molecule has 0 radical (unpaired) electrons. The quantitative estimate of drug-likeness (QED) is 0.448. The van der Waals surface area contributed by atoms with E-state index in [-0.39, 0.29) is 41.7 Å². The highest BCUT2D eigenvalue weighted by Crippen LogP contribution is 2.20. The van der Waals surface area contributed by atoms with Crippen LogP contribution in [-0.4, -0.2) is 24.0 Å². The van der Waals surface area contributed by atoms with Crippen LogP contribution in [0.15, 0.2) is 23.9 Å². The second kappa shape index (κ2) is 6.47. The van der Waals surface area contributed by atoms with Gasteiger partial charge in [-0.25, -0.2) is 0 Å². The maximum absolute atomic E-state index is 11.9. The third kappa shape index (κ3) is 3.78. The number of carbonyl (C=O) groups excluding carboxylic acids is 3. The highest BCUT2D eigenvalue weighted by atomic mass is 35.5. The summed E-state index contributed by atoms with van der Waals surface area (Å²) in [4.78, 5) is 39.8. The molecule has 1 saturated carbocycles. The smallest absolute Gasteiger partial charge is 0.198 e. The molecule has 0 atom stereocenters. The topological polar surface area (TPSA) is 72.5 Å². The maximum Gasteiger partial charge on any atom is 0.198 e. The minimum atomic E-state index is -1.23. The Morgan fingerprint density at radius 2 is 1.89 bits per heavy atom. The van der Waals surface area contributed by atoms with Crippen LogP contribution in [0.5, 0.6) is 0 Å². The van der Waals surface area contributed by atoms with E-state index in [1.807, 2.05) is 0 Å². The summed E-state index contributed by atoms with van der Waals surface area (Å²) < 4.78 is 0. The predicted octanol–water partition coefficient (Wildman–Crippen LogP) is 1.28. The van der Waals surface area contributed by atoms with Gasteiger partial charge in [-0.15, -0.1) is 0 Å². The molecule has 1 aliphatic carbocycles. The molecule has 0 aromatic heterocycles. The average Bonchev–Trinajstić information content (AvgIpc) is 2.27.